The Bertz CT molecular complexity index is 1040. The molecule has 7 heteroatoms. The van der Waals surface area contributed by atoms with Crippen LogP contribution in [0.2, 0.25) is 0 Å². The van der Waals surface area contributed by atoms with E-state index in [1.807, 2.05) is 0 Å². The Hall–Kier alpha value is -3.87. The monoisotopic (exact) mass is 409 g/mol. The van der Waals surface area contributed by atoms with Gasteiger partial charge in [0.2, 0.25) is 6.10 Å². The molecule has 0 aliphatic carbocycles. The van der Waals surface area contributed by atoms with Crippen LogP contribution < -0.4 is 14.8 Å². The molecule has 0 radical (unpaired) electrons. The summed E-state index contributed by atoms with van der Waals surface area (Å²) in [6.07, 6.45) is -1.29. The van der Waals surface area contributed by atoms with Crippen molar-refractivity contribution in [2.45, 2.75) is 6.10 Å². The highest BCUT2D eigenvalue weighted by Gasteiger charge is 2.27. The van der Waals surface area contributed by atoms with Gasteiger partial charge in [-0.1, -0.05) is 36.4 Å². The molecule has 0 aromatic heterocycles. The van der Waals surface area contributed by atoms with E-state index in [0.29, 0.717) is 17.0 Å². The molecule has 0 aliphatic heterocycles. The summed E-state index contributed by atoms with van der Waals surface area (Å²) in [6.45, 7) is 0. The molecule has 3 aromatic carbocycles. The molecule has 0 aliphatic rings. The third-order valence-electron chi connectivity index (χ3n) is 4.30. The number of hydrogen-bond acceptors (Lipinski definition) is 5. The van der Waals surface area contributed by atoms with Crippen LogP contribution in [-0.2, 0) is 9.53 Å². The van der Waals surface area contributed by atoms with Crippen molar-refractivity contribution in [2.75, 3.05) is 19.5 Å². The topological polar surface area (TPSA) is 73.9 Å². The molecular weight excluding hydrogens is 389 g/mol. The highest BCUT2D eigenvalue weighted by molar-refractivity contribution is 5.98. The summed E-state index contributed by atoms with van der Waals surface area (Å²) in [4.78, 5) is 25.5. The van der Waals surface area contributed by atoms with Crippen LogP contribution >= 0.6 is 0 Å². The third-order valence-corrected chi connectivity index (χ3v) is 4.30. The first-order valence-electron chi connectivity index (χ1n) is 9.06. The highest BCUT2D eigenvalue weighted by atomic mass is 19.1. The Balaban J connectivity index is 1.85. The lowest BCUT2D eigenvalue weighted by molar-refractivity contribution is -0.125. The van der Waals surface area contributed by atoms with Crippen molar-refractivity contribution in [3.63, 3.8) is 0 Å². The average Bonchev–Trinajstić information content (AvgIpc) is 2.77. The van der Waals surface area contributed by atoms with Crippen molar-refractivity contribution >= 4 is 17.6 Å². The molecule has 0 saturated carbocycles. The van der Waals surface area contributed by atoms with Crippen molar-refractivity contribution in [1.29, 1.82) is 0 Å². The molecule has 3 rings (SSSR count). The van der Waals surface area contributed by atoms with Gasteiger partial charge in [0, 0.05) is 23.4 Å². The lowest BCUT2D eigenvalue weighted by atomic mass is 10.1. The Labute approximate surface area is 173 Å². The molecule has 1 atom stereocenters. The van der Waals surface area contributed by atoms with Crippen LogP contribution in [0, 0.1) is 5.82 Å². The number of amides is 1. The summed E-state index contributed by atoms with van der Waals surface area (Å²) in [7, 11) is 2.90. The van der Waals surface area contributed by atoms with Crippen molar-refractivity contribution in [3.05, 3.63) is 89.7 Å². The zero-order valence-corrected chi connectivity index (χ0v) is 16.4. The van der Waals surface area contributed by atoms with Gasteiger partial charge in [-0.3, -0.25) is 4.79 Å². The third kappa shape index (κ3) is 4.94. The molecule has 0 saturated heterocycles. The van der Waals surface area contributed by atoms with Gasteiger partial charge in [0.05, 0.1) is 19.8 Å². The van der Waals surface area contributed by atoms with Gasteiger partial charge in [-0.2, -0.15) is 0 Å². The van der Waals surface area contributed by atoms with E-state index >= 15 is 0 Å². The summed E-state index contributed by atoms with van der Waals surface area (Å²) in [5.74, 6) is -1.54. The molecule has 0 fully saturated rings. The van der Waals surface area contributed by atoms with Crippen LogP contribution in [0.5, 0.6) is 11.5 Å². The quantitative estimate of drug-likeness (QED) is 0.586. The maximum Gasteiger partial charge on any atom is 0.342 e. The van der Waals surface area contributed by atoms with Gasteiger partial charge in [-0.05, 0) is 24.3 Å². The second-order valence-corrected chi connectivity index (χ2v) is 6.26. The van der Waals surface area contributed by atoms with Crippen LogP contribution in [0.3, 0.4) is 0 Å². The molecule has 1 N–H and O–H groups in total. The van der Waals surface area contributed by atoms with Crippen LogP contribution in [0.15, 0.2) is 72.8 Å². The molecule has 3 aromatic rings. The zero-order valence-electron chi connectivity index (χ0n) is 16.4. The van der Waals surface area contributed by atoms with Gasteiger partial charge in [0.25, 0.3) is 5.91 Å². The molecule has 0 bridgehead atoms. The molecule has 1 amide bonds. The summed E-state index contributed by atoms with van der Waals surface area (Å²) in [6, 6.07) is 19.0. The van der Waals surface area contributed by atoms with Gasteiger partial charge in [0.1, 0.15) is 17.3 Å². The number of carbonyl (C=O) groups excluding carboxylic acids is 2. The van der Waals surface area contributed by atoms with E-state index in [9.17, 15) is 14.0 Å². The first-order valence-corrected chi connectivity index (χ1v) is 9.06. The number of hydrogen-bond donors (Lipinski definition) is 1. The minimum absolute atomic E-state index is 0.263. The number of rotatable bonds is 7. The second-order valence-electron chi connectivity index (χ2n) is 6.26. The minimum Gasteiger partial charge on any atom is -0.497 e. The molecule has 6 nitrogen and oxygen atoms in total. The standard InChI is InChI=1S/C23H20FNO5/c1-28-17-10-6-9-16(13-17)25-22(26)21(15-7-4-3-5-8-15)30-23(27)19-12-11-18(29-2)14-20(19)24/h3-14,21H,1-2H3,(H,25,26). The maximum atomic E-state index is 14.3. The fourth-order valence-corrected chi connectivity index (χ4v) is 2.77. The fourth-order valence-electron chi connectivity index (χ4n) is 2.77. The van der Waals surface area contributed by atoms with E-state index in [4.69, 9.17) is 14.2 Å². The SMILES string of the molecule is COc1cccc(NC(=O)C(OC(=O)c2ccc(OC)cc2F)c2ccccc2)c1. The minimum atomic E-state index is -1.29. The summed E-state index contributed by atoms with van der Waals surface area (Å²) in [5.41, 5.74) is 0.609. The van der Waals surface area contributed by atoms with E-state index in [0.717, 1.165) is 6.07 Å². The predicted octanol–water partition coefficient (Wildman–Crippen LogP) is 4.38. The van der Waals surface area contributed by atoms with Crippen molar-refractivity contribution in [3.8, 4) is 11.5 Å². The number of anilines is 1. The normalized spacial score (nSPS) is 11.3. The largest absolute Gasteiger partial charge is 0.497 e. The number of ether oxygens (including phenoxy) is 3. The van der Waals surface area contributed by atoms with E-state index < -0.39 is 23.8 Å². The number of carbonyl (C=O) groups is 2. The fraction of sp³-hybridized carbons (Fsp3) is 0.130. The molecular formula is C23H20FNO5. The van der Waals surface area contributed by atoms with Crippen molar-refractivity contribution in [1.82, 2.24) is 0 Å². The zero-order chi connectivity index (χ0) is 21.5. The van der Waals surface area contributed by atoms with Gasteiger partial charge in [-0.25, -0.2) is 9.18 Å². The van der Waals surface area contributed by atoms with Crippen LogP contribution in [0.4, 0.5) is 10.1 Å². The van der Waals surface area contributed by atoms with Gasteiger partial charge >= 0.3 is 5.97 Å². The number of esters is 1. The van der Waals surface area contributed by atoms with Crippen LogP contribution in [-0.4, -0.2) is 26.1 Å². The number of methoxy groups -OCH3 is 2. The van der Waals surface area contributed by atoms with Gasteiger partial charge in [-0.15, -0.1) is 0 Å². The molecule has 1 unspecified atom stereocenters. The smallest absolute Gasteiger partial charge is 0.342 e. The predicted molar refractivity (Wildman–Crippen MR) is 109 cm³/mol. The van der Waals surface area contributed by atoms with Crippen molar-refractivity contribution < 1.29 is 28.2 Å². The number of benzene rings is 3. The molecule has 154 valence electrons. The van der Waals surface area contributed by atoms with E-state index in [-0.39, 0.29) is 11.3 Å². The summed E-state index contributed by atoms with van der Waals surface area (Å²) < 4.78 is 29.8. The van der Waals surface area contributed by atoms with Crippen molar-refractivity contribution in [2.24, 2.45) is 0 Å². The van der Waals surface area contributed by atoms with Crippen LogP contribution in [0.1, 0.15) is 22.0 Å². The number of nitrogens with one attached hydrogen (secondary N) is 1. The van der Waals surface area contributed by atoms with E-state index in [1.54, 1.807) is 54.6 Å². The number of halogens is 1. The summed E-state index contributed by atoms with van der Waals surface area (Å²) in [5, 5.41) is 2.69. The first kappa shape index (κ1) is 20.9. The molecule has 30 heavy (non-hydrogen) atoms. The lowest BCUT2D eigenvalue weighted by Crippen LogP contribution is -2.26. The first-order chi connectivity index (χ1) is 14.5. The van der Waals surface area contributed by atoms with E-state index in [2.05, 4.69) is 5.32 Å². The lowest BCUT2D eigenvalue weighted by Gasteiger charge is -2.18. The maximum absolute atomic E-state index is 14.3. The van der Waals surface area contributed by atoms with Crippen LogP contribution in [0.25, 0.3) is 0 Å². The molecule has 0 heterocycles. The summed E-state index contributed by atoms with van der Waals surface area (Å²) >= 11 is 0. The van der Waals surface area contributed by atoms with E-state index in [1.165, 1.54) is 26.4 Å². The Morgan fingerprint density at radius 3 is 2.23 bits per heavy atom. The average molecular weight is 409 g/mol. The second kappa shape index (κ2) is 9.56. The molecule has 0 spiro atoms. The highest BCUT2D eigenvalue weighted by Crippen LogP contribution is 2.25. The Kier molecular flexibility index (Phi) is 6.64. The van der Waals surface area contributed by atoms with Gasteiger partial charge < -0.3 is 19.5 Å². The van der Waals surface area contributed by atoms with Gasteiger partial charge in [0.15, 0.2) is 0 Å². The Morgan fingerprint density at radius 1 is 0.867 bits per heavy atom. The Morgan fingerprint density at radius 2 is 1.57 bits per heavy atom.